The minimum absolute atomic E-state index is 0.385. The number of hydrogen-bond acceptors (Lipinski definition) is 4. The third-order valence-corrected chi connectivity index (χ3v) is 3.31. The van der Waals surface area contributed by atoms with Gasteiger partial charge in [-0.15, -0.1) is 0 Å². The smallest absolute Gasteiger partial charge is 0.264 e. The molecule has 0 spiro atoms. The molecule has 3 atom stereocenters. The lowest BCUT2D eigenvalue weighted by atomic mass is 10.3. The first-order valence-electron chi connectivity index (χ1n) is 4.13. The highest BCUT2D eigenvalue weighted by Crippen LogP contribution is 2.48. The Morgan fingerprint density at radius 2 is 2.00 bits per heavy atom. The van der Waals surface area contributed by atoms with Gasteiger partial charge in [-0.2, -0.15) is 8.42 Å². The lowest BCUT2D eigenvalue weighted by Crippen LogP contribution is -2.17. The standard InChI is InChI=1S/C7H13NO3S/c1-12(9,10)11-4-7-5-2-8-3-6(5)7/h5-8H,2-4H2,1H3/t5-,6?,7+/m1/s1. The van der Waals surface area contributed by atoms with Gasteiger partial charge in [-0.1, -0.05) is 0 Å². The molecule has 1 N–H and O–H groups in total. The van der Waals surface area contributed by atoms with Crippen molar-refractivity contribution in [1.29, 1.82) is 0 Å². The maximum absolute atomic E-state index is 10.6. The van der Waals surface area contributed by atoms with Gasteiger partial charge >= 0.3 is 0 Å². The SMILES string of the molecule is CS(=O)(=O)OC[C@@H]1C2CNC[C@H]21. The lowest BCUT2D eigenvalue weighted by molar-refractivity contribution is 0.287. The van der Waals surface area contributed by atoms with Crippen molar-refractivity contribution >= 4 is 10.1 Å². The van der Waals surface area contributed by atoms with Crippen LogP contribution < -0.4 is 5.32 Å². The molecular formula is C7H13NO3S. The molecule has 2 fully saturated rings. The molecule has 4 nitrogen and oxygen atoms in total. The topological polar surface area (TPSA) is 55.4 Å². The fourth-order valence-corrected chi connectivity index (χ4v) is 2.40. The molecule has 1 saturated heterocycles. The van der Waals surface area contributed by atoms with E-state index in [2.05, 4.69) is 5.32 Å². The van der Waals surface area contributed by atoms with Gasteiger partial charge in [0.2, 0.25) is 0 Å². The zero-order chi connectivity index (χ0) is 8.77. The van der Waals surface area contributed by atoms with Crippen molar-refractivity contribution in [2.24, 2.45) is 17.8 Å². The number of rotatable bonds is 3. The largest absolute Gasteiger partial charge is 0.316 e. The van der Waals surface area contributed by atoms with E-state index in [4.69, 9.17) is 4.18 Å². The number of piperidine rings is 1. The minimum atomic E-state index is -3.23. The quantitative estimate of drug-likeness (QED) is 0.607. The Morgan fingerprint density at radius 3 is 2.50 bits per heavy atom. The molecular weight excluding hydrogens is 178 g/mol. The van der Waals surface area contributed by atoms with Crippen LogP contribution in [0.15, 0.2) is 0 Å². The summed E-state index contributed by atoms with van der Waals surface area (Å²) in [7, 11) is -3.23. The molecule has 0 bridgehead atoms. The van der Waals surface area contributed by atoms with Crippen LogP contribution in [-0.2, 0) is 14.3 Å². The summed E-state index contributed by atoms with van der Waals surface area (Å²) in [5, 5.41) is 3.24. The van der Waals surface area contributed by atoms with Crippen LogP contribution in [0.2, 0.25) is 0 Å². The van der Waals surface area contributed by atoms with E-state index in [1.165, 1.54) is 0 Å². The Hall–Kier alpha value is -0.130. The highest BCUT2D eigenvalue weighted by Gasteiger charge is 2.52. The first-order valence-corrected chi connectivity index (χ1v) is 5.95. The molecule has 0 aromatic heterocycles. The lowest BCUT2D eigenvalue weighted by Gasteiger charge is -2.03. The Balaban J connectivity index is 1.77. The van der Waals surface area contributed by atoms with Gasteiger partial charge in [0.15, 0.2) is 0 Å². The van der Waals surface area contributed by atoms with Crippen LogP contribution in [0.3, 0.4) is 0 Å². The summed E-state index contributed by atoms with van der Waals surface area (Å²) >= 11 is 0. The molecule has 0 amide bonds. The van der Waals surface area contributed by atoms with Crippen LogP contribution in [0, 0.1) is 17.8 Å². The summed E-state index contributed by atoms with van der Waals surface area (Å²) in [5.74, 6) is 1.83. The summed E-state index contributed by atoms with van der Waals surface area (Å²) < 4.78 is 26.0. The van der Waals surface area contributed by atoms with E-state index in [1.54, 1.807) is 0 Å². The number of hydrogen-bond donors (Lipinski definition) is 1. The molecule has 0 aromatic carbocycles. The predicted octanol–water partition coefficient (Wildman–Crippen LogP) is -0.572. The van der Waals surface area contributed by atoms with Crippen molar-refractivity contribution in [1.82, 2.24) is 5.32 Å². The molecule has 0 radical (unpaired) electrons. The molecule has 1 aliphatic carbocycles. The Morgan fingerprint density at radius 1 is 1.42 bits per heavy atom. The average molecular weight is 191 g/mol. The molecule has 2 aliphatic rings. The second-order valence-electron chi connectivity index (χ2n) is 3.64. The van der Waals surface area contributed by atoms with Crippen LogP contribution in [0.5, 0.6) is 0 Å². The van der Waals surface area contributed by atoms with Crippen molar-refractivity contribution in [3.63, 3.8) is 0 Å². The van der Waals surface area contributed by atoms with E-state index in [0.29, 0.717) is 24.4 Å². The monoisotopic (exact) mass is 191 g/mol. The van der Waals surface area contributed by atoms with Crippen molar-refractivity contribution in [2.45, 2.75) is 0 Å². The fourth-order valence-electron chi connectivity index (χ4n) is 2.00. The fraction of sp³-hybridized carbons (Fsp3) is 1.00. The van der Waals surface area contributed by atoms with Gasteiger partial charge in [0.25, 0.3) is 10.1 Å². The van der Waals surface area contributed by atoms with E-state index in [1.807, 2.05) is 0 Å². The van der Waals surface area contributed by atoms with Gasteiger partial charge in [-0.05, 0) is 30.8 Å². The van der Waals surface area contributed by atoms with Gasteiger partial charge in [0.1, 0.15) is 0 Å². The zero-order valence-electron chi connectivity index (χ0n) is 6.99. The molecule has 12 heavy (non-hydrogen) atoms. The van der Waals surface area contributed by atoms with Crippen LogP contribution in [-0.4, -0.2) is 34.4 Å². The Kier molecular flexibility index (Phi) is 1.89. The van der Waals surface area contributed by atoms with Crippen LogP contribution >= 0.6 is 0 Å². The van der Waals surface area contributed by atoms with Crippen molar-refractivity contribution in [2.75, 3.05) is 26.0 Å². The van der Waals surface area contributed by atoms with Crippen LogP contribution in [0.1, 0.15) is 0 Å². The summed E-state index contributed by atoms with van der Waals surface area (Å²) in [6.07, 6.45) is 1.10. The molecule has 1 saturated carbocycles. The molecule has 1 aliphatic heterocycles. The molecule has 5 heteroatoms. The van der Waals surface area contributed by atoms with Gasteiger partial charge in [0.05, 0.1) is 12.9 Å². The number of fused-ring (bicyclic) bond motifs is 1. The van der Waals surface area contributed by atoms with Crippen molar-refractivity contribution in [3.8, 4) is 0 Å². The maximum atomic E-state index is 10.6. The third kappa shape index (κ3) is 1.62. The Labute approximate surface area is 72.4 Å². The van der Waals surface area contributed by atoms with Crippen molar-refractivity contribution in [3.05, 3.63) is 0 Å². The average Bonchev–Trinajstić information content (AvgIpc) is 2.41. The summed E-state index contributed by atoms with van der Waals surface area (Å²) in [6, 6.07) is 0. The Bertz CT molecular complexity index is 264. The molecule has 1 heterocycles. The van der Waals surface area contributed by atoms with E-state index in [-0.39, 0.29) is 0 Å². The van der Waals surface area contributed by atoms with Gasteiger partial charge in [-0.3, -0.25) is 4.18 Å². The summed E-state index contributed by atoms with van der Waals surface area (Å²) in [6.45, 7) is 2.45. The van der Waals surface area contributed by atoms with E-state index >= 15 is 0 Å². The highest BCUT2D eigenvalue weighted by molar-refractivity contribution is 7.85. The second-order valence-corrected chi connectivity index (χ2v) is 5.28. The van der Waals surface area contributed by atoms with E-state index < -0.39 is 10.1 Å². The van der Waals surface area contributed by atoms with E-state index in [9.17, 15) is 8.42 Å². The number of nitrogens with one attached hydrogen (secondary N) is 1. The van der Waals surface area contributed by atoms with Gasteiger partial charge in [0, 0.05) is 0 Å². The normalized spacial score (nSPS) is 39.6. The first kappa shape index (κ1) is 8.47. The highest BCUT2D eigenvalue weighted by atomic mass is 32.2. The predicted molar refractivity (Wildman–Crippen MR) is 44.1 cm³/mol. The van der Waals surface area contributed by atoms with Crippen molar-refractivity contribution < 1.29 is 12.6 Å². The molecule has 2 rings (SSSR count). The third-order valence-electron chi connectivity index (χ3n) is 2.74. The summed E-state index contributed by atoms with van der Waals surface area (Å²) in [4.78, 5) is 0. The molecule has 0 aromatic rings. The maximum Gasteiger partial charge on any atom is 0.264 e. The zero-order valence-corrected chi connectivity index (χ0v) is 7.80. The molecule has 70 valence electrons. The second kappa shape index (κ2) is 2.68. The van der Waals surface area contributed by atoms with E-state index in [0.717, 1.165) is 19.3 Å². The first-order chi connectivity index (χ1) is 5.58. The van der Waals surface area contributed by atoms with Gasteiger partial charge in [-0.25, -0.2) is 0 Å². The van der Waals surface area contributed by atoms with Crippen LogP contribution in [0.25, 0.3) is 0 Å². The van der Waals surface area contributed by atoms with Crippen LogP contribution in [0.4, 0.5) is 0 Å². The summed E-state index contributed by atoms with van der Waals surface area (Å²) in [5.41, 5.74) is 0. The molecule has 1 unspecified atom stereocenters. The van der Waals surface area contributed by atoms with Gasteiger partial charge < -0.3 is 5.32 Å². The minimum Gasteiger partial charge on any atom is -0.316 e.